The van der Waals surface area contributed by atoms with Crippen LogP contribution in [0.25, 0.3) is 0 Å². The van der Waals surface area contributed by atoms with Crippen molar-refractivity contribution in [1.29, 1.82) is 0 Å². The average molecular weight is 732 g/mol. The van der Waals surface area contributed by atoms with Gasteiger partial charge in [-0.2, -0.15) is 0 Å². The van der Waals surface area contributed by atoms with Gasteiger partial charge in [-0.3, -0.25) is 14.4 Å². The number of hydrogen-bond donors (Lipinski definition) is 0. The van der Waals surface area contributed by atoms with E-state index in [1.807, 2.05) is 0 Å². The number of amides is 1. The summed E-state index contributed by atoms with van der Waals surface area (Å²) in [6, 6.07) is -0.651. The molecule has 6 atom stereocenters. The van der Waals surface area contributed by atoms with E-state index in [2.05, 4.69) is 4.74 Å². The van der Waals surface area contributed by atoms with E-state index >= 15 is 0 Å². The largest absolute Gasteiger partial charge is 0.746 e. The third kappa shape index (κ3) is 3.47. The van der Waals surface area contributed by atoms with Crippen molar-refractivity contribution in [3.63, 3.8) is 0 Å². The minimum Gasteiger partial charge on any atom is -0.746 e. The number of carbonyl (C=O) groups excluding carboxylic acids is 3. The molecule has 10 nitrogen and oxygen atoms in total. The van der Waals surface area contributed by atoms with Gasteiger partial charge < -0.3 is 23.7 Å². The minimum absolute atomic E-state index is 0. The van der Waals surface area contributed by atoms with Gasteiger partial charge in [0.05, 0.1) is 29.9 Å². The van der Waals surface area contributed by atoms with Gasteiger partial charge in [-0.25, -0.2) is 17.2 Å². The molecule has 0 aromatic heterocycles. The Hall–Kier alpha value is -2.86. The Kier molecular flexibility index (Phi) is 5.26. The Morgan fingerprint density at radius 1 is 1.19 bits per heavy atom. The first-order valence-electron chi connectivity index (χ1n) is 9.72. The number of fused-ring (bicyclic) bond motifs is 1. The van der Waals surface area contributed by atoms with Crippen LogP contribution in [0.5, 0.6) is 0 Å². The number of carbonyl (C=O) groups is 3. The van der Waals surface area contributed by atoms with Crippen molar-refractivity contribution in [2.45, 2.75) is 68.8 Å². The Morgan fingerprint density at radius 2 is 1.78 bits per heavy atom. The maximum atomic E-state index is 13.4. The molecule has 32 heavy (non-hydrogen) atoms. The van der Waals surface area contributed by atoms with E-state index in [4.69, 9.17) is 9.47 Å². The van der Waals surface area contributed by atoms with Gasteiger partial charge in [0.25, 0.3) is 11.2 Å². The molecule has 0 N–H and O–H groups in total. The molecule has 1 saturated carbocycles. The van der Waals surface area contributed by atoms with Crippen LogP contribution in [0.2, 0.25) is 0 Å². The Morgan fingerprint density at radius 3 is 2.28 bits per heavy atom. The molecule has 1 aliphatic carbocycles. The van der Waals surface area contributed by atoms with Gasteiger partial charge in [0.1, 0.15) is 16.2 Å². The van der Waals surface area contributed by atoms with E-state index in [1.165, 1.54) is 4.90 Å². The van der Waals surface area contributed by atoms with E-state index in [9.17, 15) is 36.1 Å². The number of hydrogen-bond acceptors (Lipinski definition) is 9. The zero-order valence-electron chi connectivity index (χ0n) is 17.5. The van der Waals surface area contributed by atoms with Gasteiger partial charge in [-0.1, -0.05) is 6.61 Å². The van der Waals surface area contributed by atoms with Gasteiger partial charge in [-0.15, -0.1) is 0 Å². The second kappa shape index (κ2) is 7.07. The van der Waals surface area contributed by atoms with Crippen molar-refractivity contribution in [1.82, 2.24) is 4.90 Å². The fraction of sp³-hybridized carbons (Fsp3) is 0.778. The SMILES string of the molecule is CC(C)(C)N1C(=O)C2C3OC(C(OC(=O)C4CC4)C31)C2C(=O)O[CH-]C(F)(F)S(=O)(=O)[O-].[Rf]. The van der Waals surface area contributed by atoms with Crippen molar-refractivity contribution in [3.05, 3.63) is 6.61 Å². The number of alkyl halides is 2. The van der Waals surface area contributed by atoms with E-state index in [0.717, 1.165) is 0 Å². The van der Waals surface area contributed by atoms with Gasteiger partial charge in [-0.05, 0) is 33.6 Å². The van der Waals surface area contributed by atoms with Crippen LogP contribution in [-0.4, -0.2) is 70.9 Å². The molecule has 1 amide bonds. The number of halogens is 2. The summed E-state index contributed by atoms with van der Waals surface area (Å²) in [5.74, 6) is -5.08. The normalized spacial score (nSPS) is 33.8. The van der Waals surface area contributed by atoms with Crippen LogP contribution in [-0.2, 0) is 38.7 Å². The standard InChI is InChI=1S/C18H22F2NO9S.Rf/c1-17(2,3)21-10-11-8(14(21)22)9(16(24)28-6-18(19,20)31(25,26)27)12(29-11)13(10)30-15(23)7-4-5-7;/h6-13H,4-5H2,1-3H3,(H,25,26,27);/q-1;/p-1. The van der Waals surface area contributed by atoms with Crippen LogP contribution in [0.1, 0.15) is 33.6 Å². The molecule has 4 aliphatic rings. The summed E-state index contributed by atoms with van der Waals surface area (Å²) in [5, 5.41) is -4.95. The summed E-state index contributed by atoms with van der Waals surface area (Å²) < 4.78 is 74.3. The Bertz CT molecular complexity index is 933. The molecule has 14 heteroatoms. The van der Waals surface area contributed by atoms with Crippen LogP contribution in [0, 0.1) is 24.4 Å². The number of likely N-dealkylation sites (tertiary alicyclic amines) is 1. The Balaban J connectivity index is 0.00000289. The predicted octanol–water partition coefficient (Wildman–Crippen LogP) is 0.174. The molecule has 4 rings (SSSR count). The molecule has 0 spiro atoms. The van der Waals surface area contributed by atoms with Gasteiger partial charge >= 0.3 is 5.97 Å². The molecule has 3 saturated heterocycles. The molecule has 3 aliphatic heterocycles. The van der Waals surface area contributed by atoms with E-state index in [-0.39, 0.29) is 5.92 Å². The summed E-state index contributed by atoms with van der Waals surface area (Å²) in [6.07, 6.45) is -1.64. The molecule has 0 aromatic rings. The van der Waals surface area contributed by atoms with E-state index in [1.54, 1.807) is 20.8 Å². The smallest absolute Gasteiger partial charge is 0.309 e. The Labute approximate surface area is 176 Å². The van der Waals surface area contributed by atoms with E-state index < -0.39 is 81.6 Å². The molecule has 6 unspecified atom stereocenters. The number of nitrogens with zero attached hydrogens (tertiary/aromatic N) is 1. The maximum Gasteiger partial charge on any atom is 0.309 e. The minimum atomic E-state index is -6.10. The molecule has 176 valence electrons. The van der Waals surface area contributed by atoms with E-state index in [0.29, 0.717) is 12.8 Å². The van der Waals surface area contributed by atoms with Crippen LogP contribution >= 0.6 is 0 Å². The van der Waals surface area contributed by atoms with Gasteiger partial charge in [0.15, 0.2) is 6.10 Å². The molecule has 3 heterocycles. The van der Waals surface area contributed by atoms with Crippen LogP contribution in [0.15, 0.2) is 0 Å². The third-order valence-electron chi connectivity index (χ3n) is 6.03. The van der Waals surface area contributed by atoms with Gasteiger partial charge in [0.2, 0.25) is 5.91 Å². The topological polar surface area (TPSA) is 139 Å². The second-order valence-corrected chi connectivity index (χ2v) is 10.7. The molecule has 4 fully saturated rings. The van der Waals surface area contributed by atoms with Crippen molar-refractivity contribution in [2.75, 3.05) is 0 Å². The van der Waals surface area contributed by atoms with Crippen molar-refractivity contribution >= 4 is 28.0 Å². The summed E-state index contributed by atoms with van der Waals surface area (Å²) in [5.41, 5.74) is -0.716. The van der Waals surface area contributed by atoms with Crippen molar-refractivity contribution < 1.29 is 50.3 Å². The number of esters is 2. The first kappa shape index (κ1) is 23.8. The van der Waals surface area contributed by atoms with Crippen LogP contribution in [0.3, 0.4) is 0 Å². The van der Waals surface area contributed by atoms with Crippen molar-refractivity contribution in [3.8, 4) is 0 Å². The fourth-order valence-corrected chi connectivity index (χ4v) is 4.79. The first-order valence-corrected chi connectivity index (χ1v) is 11.1. The molecule has 2 bridgehead atoms. The summed E-state index contributed by atoms with van der Waals surface area (Å²) in [6.45, 7) is 4.60. The fourth-order valence-electron chi connectivity index (χ4n) is 4.62. The second-order valence-electron chi connectivity index (χ2n) is 9.23. The molecular weight excluding hydrogens is 711 g/mol. The third-order valence-corrected chi connectivity index (χ3v) is 6.79. The molecule has 0 radical (unpaired) electrons. The monoisotopic (exact) mass is 732 g/mol. The quantitative estimate of drug-likeness (QED) is 0.213. The van der Waals surface area contributed by atoms with Crippen LogP contribution in [0.4, 0.5) is 8.78 Å². The van der Waals surface area contributed by atoms with Gasteiger partial charge in [0, 0.05) is 5.54 Å². The number of ether oxygens (including phenoxy) is 3. The average Bonchev–Trinajstić information content (AvgIpc) is 3.27. The summed E-state index contributed by atoms with van der Waals surface area (Å²) in [7, 11) is -6.10. The summed E-state index contributed by atoms with van der Waals surface area (Å²) >= 11 is 0. The number of rotatable bonds is 6. The predicted molar refractivity (Wildman–Crippen MR) is 93.7 cm³/mol. The molecule has 0 aromatic carbocycles. The summed E-state index contributed by atoms with van der Waals surface area (Å²) in [4.78, 5) is 39.5. The van der Waals surface area contributed by atoms with Crippen molar-refractivity contribution in [2.24, 2.45) is 17.8 Å². The molecular formula is C18H21F2NO9RfS-2. The first-order chi connectivity index (χ1) is 14.1. The van der Waals surface area contributed by atoms with Crippen LogP contribution < -0.4 is 0 Å². The zero-order chi connectivity index (χ0) is 23.1. The maximum absolute atomic E-state index is 13.4. The zero-order valence-corrected chi connectivity index (χ0v) is 24.7.